The van der Waals surface area contributed by atoms with Gasteiger partial charge in [0.05, 0.1) is 0 Å². The second-order valence-corrected chi connectivity index (χ2v) is 3.70. The fourth-order valence-electron chi connectivity index (χ4n) is 1.00. The molecule has 0 aromatic carbocycles. The molecule has 0 unspecified atom stereocenters. The van der Waals surface area contributed by atoms with Crippen molar-refractivity contribution >= 4 is 0 Å². The van der Waals surface area contributed by atoms with Crippen LogP contribution < -0.4 is 0 Å². The zero-order valence-corrected chi connectivity index (χ0v) is 8.56. The first-order valence-corrected chi connectivity index (χ1v) is 4.54. The predicted molar refractivity (Wildman–Crippen MR) is 57.2 cm³/mol. The van der Waals surface area contributed by atoms with Crippen molar-refractivity contribution in [3.63, 3.8) is 0 Å². The summed E-state index contributed by atoms with van der Waals surface area (Å²) in [5.74, 6) is 0.762. The third-order valence-electron chi connectivity index (χ3n) is 1.70. The van der Waals surface area contributed by atoms with Crippen LogP contribution >= 0.6 is 0 Å². The molecule has 0 saturated heterocycles. The maximum absolute atomic E-state index is 3.85. The Bertz CT molecular complexity index is 182. The highest BCUT2D eigenvalue weighted by Crippen LogP contribution is 2.13. The second kappa shape index (κ2) is 5.82. The number of hydrogen-bond acceptors (Lipinski definition) is 0. The van der Waals surface area contributed by atoms with E-state index in [1.807, 2.05) is 13.0 Å². The average Bonchev–Trinajstić information content (AvgIpc) is 1.97. The van der Waals surface area contributed by atoms with Gasteiger partial charge in [-0.2, -0.15) is 0 Å². The van der Waals surface area contributed by atoms with Gasteiger partial charge < -0.3 is 0 Å². The Morgan fingerprint density at radius 2 is 2.00 bits per heavy atom. The van der Waals surface area contributed by atoms with Crippen molar-refractivity contribution in [2.75, 3.05) is 0 Å². The number of allylic oxidation sites excluding steroid dienone is 4. The van der Waals surface area contributed by atoms with Gasteiger partial charge in [0.2, 0.25) is 0 Å². The van der Waals surface area contributed by atoms with E-state index in [4.69, 9.17) is 0 Å². The third-order valence-corrected chi connectivity index (χ3v) is 1.70. The fourth-order valence-corrected chi connectivity index (χ4v) is 1.00. The van der Waals surface area contributed by atoms with Gasteiger partial charge >= 0.3 is 0 Å². The fraction of sp³-hybridized carbons (Fsp3) is 0.500. The van der Waals surface area contributed by atoms with Crippen molar-refractivity contribution < 1.29 is 0 Å². The summed E-state index contributed by atoms with van der Waals surface area (Å²) in [4.78, 5) is 0. The zero-order chi connectivity index (χ0) is 9.56. The summed E-state index contributed by atoms with van der Waals surface area (Å²) in [5, 5.41) is 0. The molecule has 0 aromatic heterocycles. The molecule has 0 aromatic rings. The molecule has 0 heteroatoms. The summed E-state index contributed by atoms with van der Waals surface area (Å²) in [6, 6.07) is 0. The maximum Gasteiger partial charge on any atom is -0.0277 e. The van der Waals surface area contributed by atoms with Crippen molar-refractivity contribution in [3.05, 3.63) is 36.5 Å². The minimum atomic E-state index is 0.762. The lowest BCUT2D eigenvalue weighted by Gasteiger charge is -2.04. The van der Waals surface area contributed by atoms with E-state index < -0.39 is 0 Å². The molecule has 0 rings (SSSR count). The summed E-state index contributed by atoms with van der Waals surface area (Å²) >= 11 is 0. The average molecular weight is 164 g/mol. The van der Waals surface area contributed by atoms with Crippen LogP contribution in [0.2, 0.25) is 0 Å². The molecule has 0 amide bonds. The van der Waals surface area contributed by atoms with Crippen molar-refractivity contribution in [1.29, 1.82) is 0 Å². The van der Waals surface area contributed by atoms with Gasteiger partial charge in [-0.15, -0.1) is 0 Å². The Morgan fingerprint density at radius 1 is 1.42 bits per heavy atom. The first kappa shape index (κ1) is 11.2. The second-order valence-electron chi connectivity index (χ2n) is 3.70. The van der Waals surface area contributed by atoms with E-state index in [-0.39, 0.29) is 0 Å². The van der Waals surface area contributed by atoms with E-state index in [0.717, 1.165) is 17.9 Å². The van der Waals surface area contributed by atoms with Crippen LogP contribution in [0.1, 0.15) is 33.6 Å². The molecule has 0 radical (unpaired) electrons. The monoisotopic (exact) mass is 164 g/mol. The van der Waals surface area contributed by atoms with Crippen molar-refractivity contribution in [2.24, 2.45) is 5.92 Å². The van der Waals surface area contributed by atoms with Crippen LogP contribution in [0.15, 0.2) is 36.5 Å². The first-order chi connectivity index (χ1) is 5.56. The summed E-state index contributed by atoms with van der Waals surface area (Å²) in [6.45, 7) is 14.1. The number of rotatable bonds is 5. The van der Waals surface area contributed by atoms with Crippen LogP contribution in [0, 0.1) is 5.92 Å². The van der Waals surface area contributed by atoms with Crippen LogP contribution in [0.5, 0.6) is 0 Å². The van der Waals surface area contributed by atoms with Gasteiger partial charge in [0.1, 0.15) is 0 Å². The van der Waals surface area contributed by atoms with Gasteiger partial charge in [0.25, 0.3) is 0 Å². The highest BCUT2D eigenvalue weighted by atomic mass is 14.0. The molecule has 0 spiro atoms. The maximum atomic E-state index is 3.85. The van der Waals surface area contributed by atoms with E-state index in [1.165, 1.54) is 12.0 Å². The molecular formula is C12H20. The quantitative estimate of drug-likeness (QED) is 0.536. The molecule has 0 bridgehead atoms. The van der Waals surface area contributed by atoms with Gasteiger partial charge in [-0.25, -0.2) is 0 Å². The van der Waals surface area contributed by atoms with Crippen LogP contribution in [0.4, 0.5) is 0 Å². The minimum absolute atomic E-state index is 0.762. The molecule has 68 valence electrons. The Morgan fingerprint density at radius 3 is 2.33 bits per heavy atom. The molecule has 0 aliphatic heterocycles. The van der Waals surface area contributed by atoms with Crippen molar-refractivity contribution in [3.8, 4) is 0 Å². The zero-order valence-electron chi connectivity index (χ0n) is 8.56. The molecule has 0 saturated carbocycles. The topological polar surface area (TPSA) is 0 Å². The molecule has 0 nitrogen and oxygen atoms in total. The number of hydrogen-bond donors (Lipinski definition) is 0. The Hall–Kier alpha value is -0.780. The van der Waals surface area contributed by atoms with E-state index in [2.05, 4.69) is 33.1 Å². The highest BCUT2D eigenvalue weighted by molar-refractivity contribution is 5.25. The van der Waals surface area contributed by atoms with Gasteiger partial charge in [-0.1, -0.05) is 44.7 Å². The summed E-state index contributed by atoms with van der Waals surface area (Å²) in [7, 11) is 0. The molecule has 0 aliphatic carbocycles. The van der Waals surface area contributed by atoms with Gasteiger partial charge in [-0.3, -0.25) is 0 Å². The largest absolute Gasteiger partial charge is 0.0988 e. The minimum Gasteiger partial charge on any atom is -0.0988 e. The molecule has 0 heterocycles. The molecule has 0 fully saturated rings. The first-order valence-electron chi connectivity index (χ1n) is 4.54. The lowest BCUT2D eigenvalue weighted by Crippen LogP contribution is -1.88. The van der Waals surface area contributed by atoms with Crippen molar-refractivity contribution in [2.45, 2.75) is 33.6 Å². The van der Waals surface area contributed by atoms with Gasteiger partial charge in [0, 0.05) is 0 Å². The van der Waals surface area contributed by atoms with Gasteiger partial charge in [0.15, 0.2) is 0 Å². The normalized spacial score (nSPS) is 11.8. The van der Waals surface area contributed by atoms with Crippen LogP contribution in [0.25, 0.3) is 0 Å². The summed E-state index contributed by atoms with van der Waals surface area (Å²) < 4.78 is 0. The summed E-state index contributed by atoms with van der Waals surface area (Å²) in [5.41, 5.74) is 2.41. The smallest absolute Gasteiger partial charge is 0.0277 e. The molecule has 12 heavy (non-hydrogen) atoms. The predicted octanol–water partition coefficient (Wildman–Crippen LogP) is 4.11. The molecule has 0 N–H and O–H groups in total. The molecular weight excluding hydrogens is 144 g/mol. The highest BCUT2D eigenvalue weighted by Gasteiger charge is 1.96. The Labute approximate surface area is 76.7 Å². The SMILES string of the molecule is C=C/C(=C\C(=C)C)CCC(C)C. The van der Waals surface area contributed by atoms with Crippen LogP contribution in [-0.4, -0.2) is 0 Å². The molecule has 0 aliphatic rings. The van der Waals surface area contributed by atoms with E-state index in [0.29, 0.717) is 0 Å². The van der Waals surface area contributed by atoms with Crippen LogP contribution in [0.3, 0.4) is 0 Å². The van der Waals surface area contributed by atoms with Gasteiger partial charge in [-0.05, 0) is 31.3 Å². The standard InChI is InChI=1S/C12H20/c1-6-12(9-11(4)5)8-7-10(2)3/h6,9-10H,1,4,7-8H2,2-3,5H3/b12-9+. The lowest BCUT2D eigenvalue weighted by atomic mass is 10.0. The van der Waals surface area contributed by atoms with E-state index in [1.54, 1.807) is 0 Å². The summed E-state index contributed by atoms with van der Waals surface area (Å²) in [6.07, 6.45) is 6.38. The van der Waals surface area contributed by atoms with Crippen molar-refractivity contribution in [1.82, 2.24) is 0 Å². The molecule has 0 atom stereocenters. The third kappa shape index (κ3) is 5.96. The Balaban J connectivity index is 4.00. The van der Waals surface area contributed by atoms with Crippen LogP contribution in [-0.2, 0) is 0 Å². The Kier molecular flexibility index (Phi) is 5.44. The lowest BCUT2D eigenvalue weighted by molar-refractivity contribution is 0.588. The van der Waals surface area contributed by atoms with E-state index >= 15 is 0 Å². The van der Waals surface area contributed by atoms with E-state index in [9.17, 15) is 0 Å².